The van der Waals surface area contributed by atoms with Gasteiger partial charge >= 0.3 is 6.18 Å². The number of hydrogen-bond donors (Lipinski definition) is 1. The van der Waals surface area contributed by atoms with Gasteiger partial charge in [-0.15, -0.1) is 0 Å². The van der Waals surface area contributed by atoms with Crippen molar-refractivity contribution in [1.29, 1.82) is 0 Å². The summed E-state index contributed by atoms with van der Waals surface area (Å²) in [6.45, 7) is 3.23. The largest absolute Gasteiger partial charge is 0.419 e. The topological polar surface area (TPSA) is 15.3 Å². The van der Waals surface area contributed by atoms with E-state index in [1.807, 2.05) is 0 Å². The van der Waals surface area contributed by atoms with Crippen molar-refractivity contribution in [2.24, 2.45) is 5.92 Å². The average molecular weight is 304 g/mol. The highest BCUT2D eigenvalue weighted by molar-refractivity contribution is 5.27. The molecule has 0 radical (unpaired) electrons. The zero-order chi connectivity index (χ0) is 15.5. The molecule has 1 heterocycles. The summed E-state index contributed by atoms with van der Waals surface area (Å²) in [7, 11) is 2.08. The summed E-state index contributed by atoms with van der Waals surface area (Å²) in [4.78, 5) is 2.27. The van der Waals surface area contributed by atoms with Crippen LogP contribution in [0.2, 0.25) is 0 Å². The van der Waals surface area contributed by atoms with Gasteiger partial charge < -0.3 is 10.2 Å². The Balaban J connectivity index is 1.86. The van der Waals surface area contributed by atoms with Gasteiger partial charge in [0.1, 0.15) is 5.82 Å². The fraction of sp³-hybridized carbons (Fsp3) is 0.600. The number of piperidine rings is 1. The fourth-order valence-electron chi connectivity index (χ4n) is 2.59. The Kier molecular flexibility index (Phi) is 5.22. The van der Waals surface area contributed by atoms with Crippen molar-refractivity contribution in [1.82, 2.24) is 10.2 Å². The van der Waals surface area contributed by atoms with Crippen molar-refractivity contribution in [3.05, 3.63) is 35.1 Å². The zero-order valence-corrected chi connectivity index (χ0v) is 12.0. The Hall–Kier alpha value is -1.14. The van der Waals surface area contributed by atoms with Crippen LogP contribution in [0.4, 0.5) is 17.6 Å². The number of nitrogens with one attached hydrogen (secondary N) is 1. The van der Waals surface area contributed by atoms with E-state index in [-0.39, 0.29) is 0 Å². The predicted molar refractivity (Wildman–Crippen MR) is 73.3 cm³/mol. The molecule has 1 fully saturated rings. The summed E-state index contributed by atoms with van der Waals surface area (Å²) < 4.78 is 51.0. The molecule has 1 aliphatic heterocycles. The van der Waals surface area contributed by atoms with Gasteiger partial charge in [-0.25, -0.2) is 4.39 Å². The summed E-state index contributed by atoms with van der Waals surface area (Å²) in [5, 5.41) is 3.18. The van der Waals surface area contributed by atoms with E-state index in [9.17, 15) is 17.6 Å². The molecule has 1 saturated heterocycles. The van der Waals surface area contributed by atoms with E-state index >= 15 is 0 Å². The van der Waals surface area contributed by atoms with Crippen LogP contribution in [0.25, 0.3) is 0 Å². The Labute approximate surface area is 122 Å². The molecular weight excluding hydrogens is 284 g/mol. The molecule has 118 valence electrons. The second kappa shape index (κ2) is 6.75. The van der Waals surface area contributed by atoms with Gasteiger partial charge in [0, 0.05) is 6.54 Å². The van der Waals surface area contributed by atoms with Gasteiger partial charge in [0.25, 0.3) is 0 Å². The lowest BCUT2D eigenvalue weighted by Crippen LogP contribution is -2.34. The van der Waals surface area contributed by atoms with E-state index in [2.05, 4.69) is 17.3 Å². The van der Waals surface area contributed by atoms with Crippen LogP contribution in [-0.4, -0.2) is 31.6 Å². The number of hydrogen-bond acceptors (Lipinski definition) is 2. The first kappa shape index (κ1) is 16.2. The lowest BCUT2D eigenvalue weighted by Gasteiger charge is -2.29. The lowest BCUT2D eigenvalue weighted by molar-refractivity contribution is -0.140. The number of nitrogens with zero attached hydrogens (tertiary/aromatic N) is 1. The van der Waals surface area contributed by atoms with Crippen molar-refractivity contribution in [2.45, 2.75) is 25.6 Å². The molecule has 1 aromatic carbocycles. The SMILES string of the molecule is CN1CCC(CNCc2ccc(F)c(C(F)(F)F)c2)CC1. The Morgan fingerprint density at radius 1 is 1.24 bits per heavy atom. The normalized spacial score (nSPS) is 18.1. The maximum Gasteiger partial charge on any atom is 0.419 e. The average Bonchev–Trinajstić information content (AvgIpc) is 2.41. The summed E-state index contributed by atoms with van der Waals surface area (Å²) in [6.07, 6.45) is -2.45. The zero-order valence-electron chi connectivity index (χ0n) is 12.0. The third kappa shape index (κ3) is 4.68. The lowest BCUT2D eigenvalue weighted by atomic mass is 9.97. The van der Waals surface area contributed by atoms with Crippen LogP contribution in [0, 0.1) is 11.7 Å². The van der Waals surface area contributed by atoms with E-state index in [0.717, 1.165) is 44.6 Å². The molecule has 1 aliphatic rings. The third-order valence-corrected chi connectivity index (χ3v) is 3.94. The van der Waals surface area contributed by atoms with Crippen LogP contribution in [-0.2, 0) is 12.7 Å². The molecule has 21 heavy (non-hydrogen) atoms. The number of halogens is 4. The smallest absolute Gasteiger partial charge is 0.312 e. The molecule has 0 aliphatic carbocycles. The van der Waals surface area contributed by atoms with Gasteiger partial charge in [-0.3, -0.25) is 0 Å². The summed E-state index contributed by atoms with van der Waals surface area (Å²) in [5.41, 5.74) is -0.738. The molecule has 0 spiro atoms. The van der Waals surface area contributed by atoms with E-state index in [1.54, 1.807) is 0 Å². The molecular formula is C15H20F4N2. The fourth-order valence-corrected chi connectivity index (χ4v) is 2.59. The Morgan fingerprint density at radius 3 is 2.52 bits per heavy atom. The van der Waals surface area contributed by atoms with E-state index in [1.165, 1.54) is 6.07 Å². The van der Waals surface area contributed by atoms with Crippen LogP contribution in [0.3, 0.4) is 0 Å². The molecule has 0 saturated carbocycles. The van der Waals surface area contributed by atoms with E-state index < -0.39 is 17.6 Å². The quantitative estimate of drug-likeness (QED) is 0.859. The standard InChI is InChI=1S/C15H20F4N2/c1-21-6-4-11(5-7-21)9-20-10-12-2-3-14(16)13(8-12)15(17,18)19/h2-3,8,11,20H,4-7,9-10H2,1H3. The molecule has 0 amide bonds. The van der Waals surface area contributed by atoms with Gasteiger partial charge in [0.2, 0.25) is 0 Å². The minimum Gasteiger partial charge on any atom is -0.312 e. The Bertz CT molecular complexity index is 465. The summed E-state index contributed by atoms with van der Waals surface area (Å²) in [6, 6.07) is 3.17. The minimum absolute atomic E-state index is 0.329. The molecule has 2 nitrogen and oxygen atoms in total. The first-order valence-corrected chi connectivity index (χ1v) is 7.11. The molecule has 0 bridgehead atoms. The van der Waals surface area contributed by atoms with Crippen molar-refractivity contribution in [2.75, 3.05) is 26.7 Å². The van der Waals surface area contributed by atoms with Gasteiger partial charge in [0.05, 0.1) is 5.56 Å². The molecule has 0 atom stereocenters. The first-order valence-electron chi connectivity index (χ1n) is 7.11. The van der Waals surface area contributed by atoms with Gasteiger partial charge in [0.15, 0.2) is 0 Å². The summed E-state index contributed by atoms with van der Waals surface area (Å²) >= 11 is 0. The molecule has 0 unspecified atom stereocenters. The van der Waals surface area contributed by atoms with Crippen molar-refractivity contribution in [3.8, 4) is 0 Å². The number of alkyl halides is 3. The minimum atomic E-state index is -4.64. The van der Waals surface area contributed by atoms with Crippen molar-refractivity contribution < 1.29 is 17.6 Å². The van der Waals surface area contributed by atoms with Crippen molar-refractivity contribution in [3.63, 3.8) is 0 Å². The van der Waals surface area contributed by atoms with Crippen molar-refractivity contribution >= 4 is 0 Å². The highest BCUT2D eigenvalue weighted by Gasteiger charge is 2.34. The van der Waals surface area contributed by atoms with Gasteiger partial charge in [-0.05, 0) is 63.1 Å². The van der Waals surface area contributed by atoms with Crippen LogP contribution >= 0.6 is 0 Å². The monoisotopic (exact) mass is 304 g/mol. The predicted octanol–water partition coefficient (Wildman–Crippen LogP) is 3.28. The van der Waals surface area contributed by atoms with Gasteiger partial charge in [-0.1, -0.05) is 6.07 Å². The molecule has 1 N–H and O–H groups in total. The summed E-state index contributed by atoms with van der Waals surface area (Å²) in [5.74, 6) is -0.662. The first-order chi connectivity index (χ1) is 9.86. The maximum absolute atomic E-state index is 13.2. The highest BCUT2D eigenvalue weighted by Crippen LogP contribution is 2.31. The van der Waals surface area contributed by atoms with E-state index in [4.69, 9.17) is 0 Å². The third-order valence-electron chi connectivity index (χ3n) is 3.94. The van der Waals surface area contributed by atoms with Crippen LogP contribution in [0.5, 0.6) is 0 Å². The molecule has 1 aromatic rings. The number of rotatable bonds is 4. The Morgan fingerprint density at radius 2 is 1.90 bits per heavy atom. The second-order valence-electron chi connectivity index (χ2n) is 5.69. The number of likely N-dealkylation sites (tertiary alicyclic amines) is 1. The maximum atomic E-state index is 13.2. The molecule has 6 heteroatoms. The number of benzene rings is 1. The van der Waals surface area contributed by atoms with E-state index in [0.29, 0.717) is 18.0 Å². The van der Waals surface area contributed by atoms with Gasteiger partial charge in [-0.2, -0.15) is 13.2 Å². The highest BCUT2D eigenvalue weighted by atomic mass is 19.4. The van der Waals surface area contributed by atoms with Crippen LogP contribution in [0.15, 0.2) is 18.2 Å². The van der Waals surface area contributed by atoms with Crippen LogP contribution < -0.4 is 5.32 Å². The molecule has 2 rings (SSSR count). The second-order valence-corrected chi connectivity index (χ2v) is 5.69. The van der Waals surface area contributed by atoms with Crippen LogP contribution in [0.1, 0.15) is 24.0 Å². The molecule has 0 aromatic heterocycles.